The van der Waals surface area contributed by atoms with Crippen LogP contribution in [0.15, 0.2) is 12.1 Å². The number of aryl methyl sites for hydroxylation is 1. The molecule has 40 heavy (non-hydrogen) atoms. The van der Waals surface area contributed by atoms with Gasteiger partial charge < -0.3 is 9.16 Å². The number of carbonyl (C=O) groups excluding carboxylic acids is 1. The van der Waals surface area contributed by atoms with Gasteiger partial charge >= 0.3 is 5.97 Å². The second-order valence-electron chi connectivity index (χ2n) is 13.9. The molecule has 9 heteroatoms. The van der Waals surface area contributed by atoms with Crippen LogP contribution in [-0.2, 0) is 29.9 Å². The van der Waals surface area contributed by atoms with Crippen molar-refractivity contribution in [2.24, 2.45) is 17.3 Å². The van der Waals surface area contributed by atoms with Gasteiger partial charge in [-0.05, 0) is 112 Å². The highest BCUT2D eigenvalue weighted by atomic mass is 32.2. The molecule has 1 heterocycles. The fourth-order valence-electron chi connectivity index (χ4n) is 6.59. The first-order chi connectivity index (χ1) is 18.6. The van der Waals surface area contributed by atoms with E-state index < -0.39 is 18.4 Å². The predicted molar refractivity (Wildman–Crippen MR) is 167 cm³/mol. The molecule has 0 saturated heterocycles. The molecule has 0 radical (unpaired) electrons. The van der Waals surface area contributed by atoms with Crippen LogP contribution in [-0.4, -0.2) is 48.3 Å². The number of ether oxygens (including phenoxy) is 1. The lowest BCUT2D eigenvalue weighted by atomic mass is 9.62. The molecule has 2 fully saturated rings. The topological polar surface area (TPSA) is 78.9 Å². The summed E-state index contributed by atoms with van der Waals surface area (Å²) in [5, 5.41) is 0.176. The van der Waals surface area contributed by atoms with Crippen LogP contribution in [0.4, 0.5) is 0 Å². The summed E-state index contributed by atoms with van der Waals surface area (Å²) in [4.78, 5) is 13.6. The molecule has 1 unspecified atom stereocenters. The van der Waals surface area contributed by atoms with Gasteiger partial charge in [0, 0.05) is 4.88 Å². The van der Waals surface area contributed by atoms with Crippen molar-refractivity contribution in [1.29, 1.82) is 0 Å². The largest absolute Gasteiger partial charge is 0.465 e. The molecule has 1 aromatic heterocycles. The highest BCUT2D eigenvalue weighted by Gasteiger charge is 2.48. The van der Waals surface area contributed by atoms with E-state index in [2.05, 4.69) is 40.8 Å². The molecule has 3 rings (SSSR count). The highest BCUT2D eigenvalue weighted by Crippen LogP contribution is 2.52. The van der Waals surface area contributed by atoms with Gasteiger partial charge in [0.25, 0.3) is 10.1 Å². The molecule has 0 bridgehead atoms. The molecule has 2 aliphatic carbocycles. The quantitative estimate of drug-likeness (QED) is 0.112. The molecule has 0 spiro atoms. The van der Waals surface area contributed by atoms with Gasteiger partial charge in [-0.3, -0.25) is 4.18 Å². The third-order valence-corrected chi connectivity index (χ3v) is 16.4. The van der Waals surface area contributed by atoms with Crippen molar-refractivity contribution in [2.75, 3.05) is 13.4 Å². The maximum Gasteiger partial charge on any atom is 0.348 e. The smallest absolute Gasteiger partial charge is 0.348 e. The number of hydrogen-bond donors (Lipinski definition) is 0. The molecule has 2 saturated carbocycles. The summed E-state index contributed by atoms with van der Waals surface area (Å²) in [6.45, 7) is 14.0. The Kier molecular flexibility index (Phi) is 11.6. The minimum Gasteiger partial charge on any atom is -0.465 e. The fraction of sp³-hybridized carbons (Fsp3) is 0.839. The van der Waals surface area contributed by atoms with Crippen LogP contribution < -0.4 is 0 Å². The highest BCUT2D eigenvalue weighted by molar-refractivity contribution is 7.86. The van der Waals surface area contributed by atoms with E-state index in [0.29, 0.717) is 16.2 Å². The molecular formula is C31H54O6S2Si. The van der Waals surface area contributed by atoms with E-state index in [9.17, 15) is 13.2 Å². The molecular weight excluding hydrogens is 561 g/mol. The molecule has 0 aromatic carbocycles. The Bertz CT molecular complexity index is 1060. The Morgan fingerprint density at radius 2 is 1.85 bits per heavy atom. The van der Waals surface area contributed by atoms with E-state index in [0.717, 1.165) is 51.4 Å². The summed E-state index contributed by atoms with van der Waals surface area (Å²) < 4.78 is 41.8. The van der Waals surface area contributed by atoms with Crippen molar-refractivity contribution in [3.8, 4) is 0 Å². The number of esters is 1. The average Bonchev–Trinajstić information content (AvgIpc) is 3.44. The zero-order valence-electron chi connectivity index (χ0n) is 26.2. The summed E-state index contributed by atoms with van der Waals surface area (Å²) in [5.74, 6) is 0.419. The van der Waals surface area contributed by atoms with Gasteiger partial charge in [0.2, 0.25) is 0 Å². The van der Waals surface area contributed by atoms with Gasteiger partial charge in [-0.1, -0.05) is 40.5 Å². The van der Waals surface area contributed by atoms with E-state index in [1.54, 1.807) is 0 Å². The Morgan fingerprint density at radius 1 is 1.15 bits per heavy atom. The normalized spacial score (nSPS) is 24.1. The van der Waals surface area contributed by atoms with Crippen molar-refractivity contribution in [3.63, 3.8) is 0 Å². The van der Waals surface area contributed by atoms with Crippen LogP contribution in [0.1, 0.15) is 113 Å². The van der Waals surface area contributed by atoms with Gasteiger partial charge in [0.05, 0.1) is 25.6 Å². The van der Waals surface area contributed by atoms with Crippen LogP contribution in [0.25, 0.3) is 0 Å². The minimum atomic E-state index is -3.50. The van der Waals surface area contributed by atoms with Crippen LogP contribution >= 0.6 is 11.3 Å². The first kappa shape index (κ1) is 33.8. The Labute approximate surface area is 249 Å². The standard InChI is InChI=1S/C31H54O6S2Si/c1-9-31(21-12-22-31)28(37-40(7,8)30(2,3)4)16-11-15-25-23(17-19-26(25)36-39(6,33)34)13-10-14-24-18-20-27(38-24)29(32)35-5/h18,20,23,25-26,28H,9-17,19,21-22H2,1-8H3/t23-,25+,26+,28?/m0/s1. The molecule has 1 aromatic rings. The number of thiophene rings is 1. The molecule has 6 nitrogen and oxygen atoms in total. The van der Waals surface area contributed by atoms with Crippen LogP contribution in [0.2, 0.25) is 18.1 Å². The van der Waals surface area contributed by atoms with Gasteiger partial charge in [0.15, 0.2) is 8.32 Å². The summed E-state index contributed by atoms with van der Waals surface area (Å²) in [6, 6.07) is 3.86. The number of methoxy groups -OCH3 is 1. The van der Waals surface area contributed by atoms with Crippen molar-refractivity contribution >= 4 is 35.7 Å². The van der Waals surface area contributed by atoms with Crippen LogP contribution in [0.5, 0.6) is 0 Å². The summed E-state index contributed by atoms with van der Waals surface area (Å²) >= 11 is 1.50. The first-order valence-corrected chi connectivity index (χ1v) is 20.9. The van der Waals surface area contributed by atoms with E-state index in [1.807, 2.05) is 12.1 Å². The molecule has 2 aliphatic rings. The van der Waals surface area contributed by atoms with E-state index in [1.165, 1.54) is 55.3 Å². The second kappa shape index (κ2) is 13.7. The first-order valence-electron chi connectivity index (χ1n) is 15.3. The predicted octanol–water partition coefficient (Wildman–Crippen LogP) is 8.37. The van der Waals surface area contributed by atoms with Gasteiger partial charge in [0.1, 0.15) is 4.88 Å². The van der Waals surface area contributed by atoms with E-state index >= 15 is 0 Å². The molecule has 0 N–H and O–H groups in total. The van der Waals surface area contributed by atoms with Gasteiger partial charge in [-0.15, -0.1) is 11.3 Å². The SMILES string of the molecule is CCC1(C(CCC[C@@H]2[C@@H](CCCc3ccc(C(=O)OC)s3)CC[C@H]2OS(C)(=O)=O)O[Si](C)(C)C(C)(C)C)CCC1. The summed E-state index contributed by atoms with van der Waals surface area (Å²) in [7, 11) is -4.00. The Balaban J connectivity index is 1.65. The maximum atomic E-state index is 12.1. The zero-order valence-corrected chi connectivity index (χ0v) is 28.8. The molecule has 0 amide bonds. The number of carbonyl (C=O) groups is 1. The van der Waals surface area contributed by atoms with Crippen molar-refractivity contribution in [2.45, 2.75) is 135 Å². The van der Waals surface area contributed by atoms with Crippen molar-refractivity contribution in [1.82, 2.24) is 0 Å². The van der Waals surface area contributed by atoms with Crippen LogP contribution in [0, 0.1) is 17.3 Å². The van der Waals surface area contributed by atoms with E-state index in [-0.39, 0.29) is 29.1 Å². The van der Waals surface area contributed by atoms with Gasteiger partial charge in [-0.25, -0.2) is 4.79 Å². The molecule has 230 valence electrons. The Morgan fingerprint density at radius 3 is 2.40 bits per heavy atom. The number of rotatable bonds is 15. The lowest BCUT2D eigenvalue weighted by molar-refractivity contribution is -0.0359. The van der Waals surface area contributed by atoms with Crippen LogP contribution in [0.3, 0.4) is 0 Å². The third-order valence-electron chi connectivity index (χ3n) is 10.2. The van der Waals surface area contributed by atoms with Crippen molar-refractivity contribution < 1.29 is 26.6 Å². The van der Waals surface area contributed by atoms with E-state index in [4.69, 9.17) is 13.3 Å². The Hall–Kier alpha value is -0.743. The number of hydrogen-bond acceptors (Lipinski definition) is 7. The fourth-order valence-corrected chi connectivity index (χ4v) is 9.68. The molecule has 4 atom stereocenters. The third kappa shape index (κ3) is 8.65. The summed E-state index contributed by atoms with van der Waals surface area (Å²) in [5.41, 5.74) is 0.303. The second-order valence-corrected chi connectivity index (χ2v) is 21.4. The zero-order chi connectivity index (χ0) is 29.8. The maximum absolute atomic E-state index is 12.1. The molecule has 0 aliphatic heterocycles. The monoisotopic (exact) mass is 614 g/mol. The van der Waals surface area contributed by atoms with Gasteiger partial charge in [-0.2, -0.15) is 8.42 Å². The van der Waals surface area contributed by atoms with Crippen molar-refractivity contribution in [3.05, 3.63) is 21.9 Å². The minimum absolute atomic E-state index is 0.176. The lowest BCUT2D eigenvalue weighted by Gasteiger charge is -2.51. The summed E-state index contributed by atoms with van der Waals surface area (Å²) in [6.07, 6.45) is 14.1. The lowest BCUT2D eigenvalue weighted by Crippen LogP contribution is -2.51. The average molecular weight is 615 g/mol.